The van der Waals surface area contributed by atoms with Crippen LogP contribution in [-0.2, 0) is 64.2 Å². The fraction of sp³-hybridized carbons (Fsp3) is 0.433. The molecule has 0 aromatic heterocycles. The summed E-state index contributed by atoms with van der Waals surface area (Å²) in [6.07, 6.45) is 0.310. The fourth-order valence-corrected chi connectivity index (χ4v) is 10.8. The smallest absolute Gasteiger partial charge is 0.255 e. The minimum absolute atomic E-state index is 0.00366. The summed E-state index contributed by atoms with van der Waals surface area (Å²) in [5.41, 5.74) is 4.75. The molecule has 458 valence electrons. The van der Waals surface area contributed by atoms with Crippen molar-refractivity contribution in [2.45, 2.75) is 130 Å². The van der Waals surface area contributed by atoms with Gasteiger partial charge in [-0.1, -0.05) is 114 Å². The standard InChI is InChI=1S/C67H85N9O10/c1-40(68-9)57(77)35-52(66(3,4)5)64(83)75-36-48-31-50(29-27-46(48)33-55(75)62(81)72-53(38-85-11)42-19-15-13-16-20-42)70-60(79)44-23-25-45(26-24-44)61(80)71-51-30-28-47-34-56(63(82)73-54(39-86-12)43-21-17-14-18-22-43)76(37-49(47)32-51)65(84)58(67(6,7)8)74-59(78)41(2)69-10/h13-32,40-41,52-56,58,68-69H,33-39H2,1-12H3,(H,70,79)(H,71,80)(H,72,81)(H,73,82)(H,74,78)/t40-,41-,52+,53?,54?,55-,56-,58+/m0/s1. The number of hydrogen-bond donors (Lipinski definition) is 7. The molecule has 0 fully saturated rings. The molecule has 0 spiro atoms. The second-order valence-electron chi connectivity index (χ2n) is 24.6. The number of ketones is 1. The van der Waals surface area contributed by atoms with Crippen LogP contribution in [0.1, 0.15) is 128 Å². The third-order valence-electron chi connectivity index (χ3n) is 16.4. The fourth-order valence-electron chi connectivity index (χ4n) is 10.8. The number of ether oxygens (including phenoxy) is 2. The Balaban J connectivity index is 1.08. The third-order valence-corrected chi connectivity index (χ3v) is 16.4. The van der Waals surface area contributed by atoms with Crippen LogP contribution >= 0.6 is 0 Å². The number of anilines is 2. The number of carbonyl (C=O) groups is 8. The molecule has 0 aliphatic carbocycles. The predicted octanol–water partition coefficient (Wildman–Crippen LogP) is 7.07. The van der Waals surface area contributed by atoms with E-state index in [1.54, 1.807) is 95.6 Å². The number of likely N-dealkylation sites (N-methyl/N-ethyl adjacent to an activating group) is 2. The maximum Gasteiger partial charge on any atom is 0.255 e. The normalized spacial score (nSPS) is 17.0. The summed E-state index contributed by atoms with van der Waals surface area (Å²) >= 11 is 0. The first kappa shape index (κ1) is 65.4. The minimum atomic E-state index is -1.00. The Morgan fingerprint density at radius 3 is 1.33 bits per heavy atom. The number of methoxy groups -OCH3 is 2. The van der Waals surface area contributed by atoms with Gasteiger partial charge in [0, 0.05) is 75.0 Å². The van der Waals surface area contributed by atoms with Crippen LogP contribution in [0.4, 0.5) is 11.4 Å². The third kappa shape index (κ3) is 16.2. The van der Waals surface area contributed by atoms with E-state index in [1.165, 1.54) is 4.90 Å². The van der Waals surface area contributed by atoms with E-state index in [0.717, 1.165) is 27.8 Å². The van der Waals surface area contributed by atoms with Gasteiger partial charge in [-0.05, 0) is 121 Å². The summed E-state index contributed by atoms with van der Waals surface area (Å²) in [4.78, 5) is 116. The molecule has 2 heterocycles. The number of Topliss-reactive ketones (excluding diaryl/α,β-unsaturated/α-hetero) is 1. The zero-order valence-corrected chi connectivity index (χ0v) is 51.6. The number of fused-ring (bicyclic) bond motifs is 2. The highest BCUT2D eigenvalue weighted by atomic mass is 16.5. The Morgan fingerprint density at radius 2 is 0.942 bits per heavy atom. The van der Waals surface area contributed by atoms with Gasteiger partial charge in [-0.2, -0.15) is 0 Å². The molecule has 0 bridgehead atoms. The Hall–Kier alpha value is -8.10. The van der Waals surface area contributed by atoms with Gasteiger partial charge in [0.05, 0.1) is 37.4 Å². The molecule has 7 amide bonds. The van der Waals surface area contributed by atoms with Crippen LogP contribution in [0.25, 0.3) is 0 Å². The number of rotatable bonds is 23. The van der Waals surface area contributed by atoms with Crippen LogP contribution in [-0.4, -0.2) is 129 Å². The minimum Gasteiger partial charge on any atom is -0.382 e. The van der Waals surface area contributed by atoms with Gasteiger partial charge >= 0.3 is 0 Å². The van der Waals surface area contributed by atoms with E-state index in [-0.39, 0.29) is 80.2 Å². The van der Waals surface area contributed by atoms with Crippen LogP contribution in [0.3, 0.4) is 0 Å². The number of amides is 7. The predicted molar refractivity (Wildman–Crippen MR) is 331 cm³/mol. The maximum atomic E-state index is 14.9. The molecule has 0 saturated heterocycles. The van der Waals surface area contributed by atoms with Gasteiger partial charge in [0.25, 0.3) is 11.8 Å². The van der Waals surface area contributed by atoms with Gasteiger partial charge in [0.1, 0.15) is 23.9 Å². The summed E-state index contributed by atoms with van der Waals surface area (Å²) in [5.74, 6) is -3.67. The largest absolute Gasteiger partial charge is 0.382 e. The molecule has 5 aromatic carbocycles. The van der Waals surface area contributed by atoms with Gasteiger partial charge in [-0.25, -0.2) is 0 Å². The number of carbonyl (C=O) groups excluding carboxylic acids is 8. The van der Waals surface area contributed by atoms with Crippen molar-refractivity contribution in [2.75, 3.05) is 52.2 Å². The Morgan fingerprint density at radius 1 is 0.523 bits per heavy atom. The van der Waals surface area contributed by atoms with E-state index in [1.807, 2.05) is 114 Å². The van der Waals surface area contributed by atoms with Gasteiger partial charge in [-0.3, -0.25) is 38.4 Å². The van der Waals surface area contributed by atoms with Crippen molar-refractivity contribution in [3.8, 4) is 0 Å². The molecule has 7 N–H and O–H groups in total. The first-order chi connectivity index (χ1) is 40.8. The summed E-state index contributed by atoms with van der Waals surface area (Å²) in [7, 11) is 6.46. The molecule has 86 heavy (non-hydrogen) atoms. The van der Waals surface area contributed by atoms with Gasteiger partial charge in [-0.15, -0.1) is 0 Å². The van der Waals surface area contributed by atoms with E-state index in [9.17, 15) is 38.4 Å². The molecule has 0 saturated carbocycles. The van der Waals surface area contributed by atoms with Crippen molar-refractivity contribution in [1.82, 2.24) is 36.4 Å². The van der Waals surface area contributed by atoms with Crippen molar-refractivity contribution in [3.05, 3.63) is 166 Å². The molecule has 0 radical (unpaired) electrons. The van der Waals surface area contributed by atoms with E-state index in [4.69, 9.17) is 9.47 Å². The molecular formula is C67H85N9O10. The van der Waals surface area contributed by atoms with E-state index < -0.39 is 82.7 Å². The molecule has 2 aliphatic heterocycles. The van der Waals surface area contributed by atoms with Crippen LogP contribution in [0.2, 0.25) is 0 Å². The topological polar surface area (TPSA) is 246 Å². The Bertz CT molecular complexity index is 3020. The molecule has 8 atom stereocenters. The number of nitrogens with zero attached hydrogens (tertiary/aromatic N) is 2. The summed E-state index contributed by atoms with van der Waals surface area (Å²) in [6.45, 7) is 15.2. The van der Waals surface area contributed by atoms with Gasteiger partial charge in [0.2, 0.25) is 29.5 Å². The van der Waals surface area contributed by atoms with Crippen LogP contribution in [0, 0.1) is 16.7 Å². The monoisotopic (exact) mass is 1180 g/mol. The lowest BCUT2D eigenvalue weighted by Gasteiger charge is -2.41. The summed E-state index contributed by atoms with van der Waals surface area (Å²) in [5, 5.41) is 21.0. The number of benzene rings is 5. The quantitative estimate of drug-likeness (QED) is 0.0347. The van der Waals surface area contributed by atoms with Crippen molar-refractivity contribution >= 4 is 58.5 Å². The van der Waals surface area contributed by atoms with Crippen LogP contribution < -0.4 is 37.2 Å². The van der Waals surface area contributed by atoms with Crippen molar-refractivity contribution < 1.29 is 47.8 Å². The second-order valence-corrected chi connectivity index (χ2v) is 24.6. The molecule has 2 unspecified atom stereocenters. The zero-order chi connectivity index (χ0) is 62.6. The zero-order valence-electron chi connectivity index (χ0n) is 51.6. The Kier molecular flexibility index (Phi) is 22.0. The van der Waals surface area contributed by atoms with E-state index >= 15 is 0 Å². The molecule has 19 nitrogen and oxygen atoms in total. The highest BCUT2D eigenvalue weighted by Gasteiger charge is 2.45. The first-order valence-corrected chi connectivity index (χ1v) is 29.3. The summed E-state index contributed by atoms with van der Waals surface area (Å²) < 4.78 is 11.0. The lowest BCUT2D eigenvalue weighted by Crippen LogP contribution is -2.62. The average Bonchev–Trinajstić information content (AvgIpc) is 0.918. The molecule has 5 aromatic rings. The molecule has 7 rings (SSSR count). The van der Waals surface area contributed by atoms with Crippen molar-refractivity contribution in [1.29, 1.82) is 0 Å². The van der Waals surface area contributed by atoms with Crippen molar-refractivity contribution in [3.63, 3.8) is 0 Å². The number of hydrogen-bond acceptors (Lipinski definition) is 12. The highest BCUT2D eigenvalue weighted by molar-refractivity contribution is 6.07. The molecule has 2 aliphatic rings. The first-order valence-electron chi connectivity index (χ1n) is 29.3. The van der Waals surface area contributed by atoms with E-state index in [2.05, 4.69) is 37.2 Å². The summed E-state index contributed by atoms with van der Waals surface area (Å²) in [6, 6.07) is 30.8. The number of nitrogens with one attached hydrogen (secondary N) is 7. The second kappa shape index (κ2) is 28.9. The maximum absolute atomic E-state index is 14.9. The average molecular weight is 1180 g/mol. The van der Waals surface area contributed by atoms with Crippen LogP contribution in [0.5, 0.6) is 0 Å². The lowest BCUT2D eigenvalue weighted by molar-refractivity contribution is -0.149. The Labute approximate surface area is 505 Å². The highest BCUT2D eigenvalue weighted by Crippen LogP contribution is 2.36. The van der Waals surface area contributed by atoms with Gasteiger partial charge in [0.15, 0.2) is 0 Å². The molecular weight excluding hydrogens is 1090 g/mol. The SMILES string of the molecule is CN[C@@H](C)C(=O)C[C@H](C(=O)N1Cc2cc(NC(=O)c3ccc(C(=O)Nc4ccc5c(c4)CN(C(=O)[C@@H](NC(=O)[C@H](C)NC)C(C)(C)C)[C@H](C(=O)NC(COC)c4ccccc4)C5)cc3)ccc2C[C@H]1C(=O)NC(COC)c1ccccc1)C(C)(C)C. The molecule has 19 heteroatoms. The van der Waals surface area contributed by atoms with E-state index in [0.29, 0.717) is 16.9 Å². The van der Waals surface area contributed by atoms with Gasteiger partial charge < -0.3 is 56.5 Å². The lowest BCUT2D eigenvalue weighted by atomic mass is 9.75. The van der Waals surface area contributed by atoms with Crippen molar-refractivity contribution in [2.24, 2.45) is 16.7 Å². The van der Waals surface area contributed by atoms with Crippen LogP contribution in [0.15, 0.2) is 121 Å².